The minimum Gasteiger partial charge on any atom is -0.493 e. The number of ether oxygens (including phenoxy) is 3. The van der Waals surface area contributed by atoms with Crippen molar-refractivity contribution in [1.82, 2.24) is 10.2 Å². The highest BCUT2D eigenvalue weighted by molar-refractivity contribution is 5.57. The van der Waals surface area contributed by atoms with Gasteiger partial charge < -0.3 is 19.9 Å². The van der Waals surface area contributed by atoms with Crippen LogP contribution in [0.25, 0.3) is 0 Å². The average Bonchev–Trinajstić information content (AvgIpc) is 3.20. The number of benzene rings is 2. The molecular formula is C25H26N4O3. The number of hydrogen-bond acceptors (Lipinski definition) is 6. The molecule has 1 atom stereocenters. The van der Waals surface area contributed by atoms with Gasteiger partial charge >= 0.3 is 0 Å². The SMILES string of the molecule is CCCc1[nH]nc2c1[C@@H](c1ccc(OCc3ccc(C)cc3)c(OC)c1)C(C#N)=C(N)O2. The first kappa shape index (κ1) is 21.3. The fraction of sp³-hybridized carbons (Fsp3) is 0.280. The Morgan fingerprint density at radius 3 is 2.66 bits per heavy atom. The second-order valence-corrected chi connectivity index (χ2v) is 7.78. The van der Waals surface area contributed by atoms with Gasteiger partial charge in [0.2, 0.25) is 11.8 Å². The number of H-pyrrole nitrogens is 1. The molecule has 0 bridgehead atoms. The fourth-order valence-corrected chi connectivity index (χ4v) is 3.91. The van der Waals surface area contributed by atoms with Crippen molar-refractivity contribution in [2.24, 2.45) is 5.73 Å². The molecule has 0 saturated carbocycles. The van der Waals surface area contributed by atoms with Gasteiger partial charge in [-0.05, 0) is 36.6 Å². The molecule has 32 heavy (non-hydrogen) atoms. The number of nitrogens with two attached hydrogens (primary N) is 1. The van der Waals surface area contributed by atoms with Crippen molar-refractivity contribution in [1.29, 1.82) is 5.26 Å². The van der Waals surface area contributed by atoms with Gasteiger partial charge in [0.1, 0.15) is 18.2 Å². The van der Waals surface area contributed by atoms with Gasteiger partial charge in [-0.2, -0.15) is 5.26 Å². The maximum absolute atomic E-state index is 9.83. The highest BCUT2D eigenvalue weighted by atomic mass is 16.5. The first-order valence-electron chi connectivity index (χ1n) is 10.6. The Morgan fingerprint density at radius 2 is 1.97 bits per heavy atom. The molecule has 1 aromatic heterocycles. The van der Waals surface area contributed by atoms with E-state index >= 15 is 0 Å². The lowest BCUT2D eigenvalue weighted by Gasteiger charge is -2.24. The lowest BCUT2D eigenvalue weighted by molar-refractivity contribution is 0.284. The summed E-state index contributed by atoms with van der Waals surface area (Å²) in [5, 5.41) is 17.1. The minimum atomic E-state index is -0.399. The minimum absolute atomic E-state index is 0.0678. The number of hydrogen-bond donors (Lipinski definition) is 2. The lowest BCUT2D eigenvalue weighted by atomic mass is 9.83. The van der Waals surface area contributed by atoms with E-state index in [0.717, 1.165) is 35.2 Å². The number of aromatic amines is 1. The van der Waals surface area contributed by atoms with Crippen molar-refractivity contribution in [3.8, 4) is 23.4 Å². The third kappa shape index (κ3) is 4.00. The quantitative estimate of drug-likeness (QED) is 0.573. The molecule has 7 nitrogen and oxygen atoms in total. The Kier molecular flexibility index (Phi) is 6.04. The van der Waals surface area contributed by atoms with Gasteiger partial charge in [0.25, 0.3) is 0 Å². The van der Waals surface area contributed by atoms with E-state index in [0.29, 0.717) is 29.6 Å². The molecule has 0 spiro atoms. The number of nitrogens with zero attached hydrogens (tertiary/aromatic N) is 2. The summed E-state index contributed by atoms with van der Waals surface area (Å²) < 4.78 is 17.3. The van der Waals surface area contributed by atoms with Gasteiger partial charge in [0.15, 0.2) is 11.5 Å². The zero-order valence-corrected chi connectivity index (χ0v) is 18.4. The number of aryl methyl sites for hydroxylation is 2. The van der Waals surface area contributed by atoms with Crippen molar-refractivity contribution in [3.63, 3.8) is 0 Å². The largest absolute Gasteiger partial charge is 0.493 e. The van der Waals surface area contributed by atoms with Crippen molar-refractivity contribution in [2.75, 3.05) is 7.11 Å². The van der Waals surface area contributed by atoms with Crippen molar-refractivity contribution < 1.29 is 14.2 Å². The number of nitriles is 1. The molecule has 2 aromatic carbocycles. The van der Waals surface area contributed by atoms with Gasteiger partial charge in [-0.3, -0.25) is 5.10 Å². The summed E-state index contributed by atoms with van der Waals surface area (Å²) in [4.78, 5) is 0. The van der Waals surface area contributed by atoms with Crippen LogP contribution < -0.4 is 19.9 Å². The Labute approximate surface area is 187 Å². The van der Waals surface area contributed by atoms with E-state index < -0.39 is 5.92 Å². The number of aromatic nitrogens is 2. The standard InChI is InChI=1S/C25H26N4O3/c1-4-5-19-23-22(18(13-26)24(27)32-25(23)29-28-19)17-10-11-20(21(12-17)30-3)31-14-16-8-6-15(2)7-9-16/h6-12,22H,4-5,14,27H2,1-3H3,(H,28,29)/t22-/m0/s1. The van der Waals surface area contributed by atoms with Crippen LogP contribution in [0.5, 0.6) is 17.4 Å². The maximum Gasteiger partial charge on any atom is 0.244 e. The van der Waals surface area contributed by atoms with Crippen LogP contribution >= 0.6 is 0 Å². The maximum atomic E-state index is 9.83. The summed E-state index contributed by atoms with van der Waals surface area (Å²) in [6.45, 7) is 4.57. The third-order valence-electron chi connectivity index (χ3n) is 5.55. The van der Waals surface area contributed by atoms with Crippen LogP contribution in [0.1, 0.15) is 47.2 Å². The van der Waals surface area contributed by atoms with Gasteiger partial charge in [0, 0.05) is 11.3 Å². The van der Waals surface area contributed by atoms with E-state index in [1.165, 1.54) is 5.56 Å². The van der Waals surface area contributed by atoms with Crippen LogP contribution in [0.2, 0.25) is 0 Å². The fourth-order valence-electron chi connectivity index (χ4n) is 3.91. The summed E-state index contributed by atoms with van der Waals surface area (Å²) in [6.07, 6.45) is 1.72. The molecule has 0 unspecified atom stereocenters. The summed E-state index contributed by atoms with van der Waals surface area (Å²) >= 11 is 0. The first-order chi connectivity index (χ1) is 15.5. The molecule has 0 saturated heterocycles. The van der Waals surface area contributed by atoms with Gasteiger partial charge in [0.05, 0.1) is 13.0 Å². The molecule has 0 fully saturated rings. The summed E-state index contributed by atoms with van der Waals surface area (Å²) in [5.74, 6) is 1.29. The monoisotopic (exact) mass is 430 g/mol. The molecule has 0 amide bonds. The van der Waals surface area contributed by atoms with E-state index in [9.17, 15) is 5.26 Å². The second kappa shape index (κ2) is 9.06. The van der Waals surface area contributed by atoms with Crippen LogP contribution in [0.3, 0.4) is 0 Å². The van der Waals surface area contributed by atoms with Crippen LogP contribution in [-0.2, 0) is 13.0 Å². The summed E-state index contributed by atoms with van der Waals surface area (Å²) in [5.41, 5.74) is 11.3. The Hall–Kier alpha value is -3.92. The van der Waals surface area contributed by atoms with E-state index in [1.54, 1.807) is 7.11 Å². The molecule has 3 N–H and O–H groups in total. The van der Waals surface area contributed by atoms with E-state index in [4.69, 9.17) is 19.9 Å². The Morgan fingerprint density at radius 1 is 1.19 bits per heavy atom. The first-order valence-corrected chi connectivity index (χ1v) is 10.6. The molecule has 2 heterocycles. The smallest absolute Gasteiger partial charge is 0.244 e. The summed E-state index contributed by atoms with van der Waals surface area (Å²) in [6, 6.07) is 16.1. The number of fused-ring (bicyclic) bond motifs is 1. The predicted molar refractivity (Wildman–Crippen MR) is 120 cm³/mol. The van der Waals surface area contributed by atoms with Crippen LogP contribution in [0, 0.1) is 18.3 Å². The number of rotatable bonds is 7. The van der Waals surface area contributed by atoms with Crippen molar-refractivity contribution >= 4 is 0 Å². The Balaban J connectivity index is 1.69. The Bertz CT molecular complexity index is 1190. The van der Waals surface area contributed by atoms with Crippen molar-refractivity contribution in [3.05, 3.63) is 81.9 Å². The van der Waals surface area contributed by atoms with Crippen LogP contribution in [-0.4, -0.2) is 17.3 Å². The van der Waals surface area contributed by atoms with Crippen LogP contribution in [0.15, 0.2) is 53.9 Å². The van der Waals surface area contributed by atoms with E-state index in [1.807, 2.05) is 30.3 Å². The van der Waals surface area contributed by atoms with E-state index in [2.05, 4.69) is 42.2 Å². The zero-order valence-electron chi connectivity index (χ0n) is 18.4. The van der Waals surface area contributed by atoms with Gasteiger partial charge in [-0.25, -0.2) is 0 Å². The highest BCUT2D eigenvalue weighted by Gasteiger charge is 2.35. The second-order valence-electron chi connectivity index (χ2n) is 7.78. The summed E-state index contributed by atoms with van der Waals surface area (Å²) in [7, 11) is 1.60. The zero-order chi connectivity index (χ0) is 22.7. The lowest BCUT2D eigenvalue weighted by Crippen LogP contribution is -2.21. The van der Waals surface area contributed by atoms with E-state index in [-0.39, 0.29) is 5.88 Å². The normalized spacial score (nSPS) is 15.0. The molecule has 7 heteroatoms. The molecule has 4 rings (SSSR count). The molecule has 3 aromatic rings. The van der Waals surface area contributed by atoms with Crippen LogP contribution in [0.4, 0.5) is 0 Å². The molecule has 0 aliphatic carbocycles. The molecule has 1 aliphatic heterocycles. The van der Waals surface area contributed by atoms with Gasteiger partial charge in [-0.15, -0.1) is 5.10 Å². The molecular weight excluding hydrogens is 404 g/mol. The van der Waals surface area contributed by atoms with Gasteiger partial charge in [-0.1, -0.05) is 49.2 Å². The predicted octanol–water partition coefficient (Wildman–Crippen LogP) is 4.48. The van der Waals surface area contributed by atoms with Crippen molar-refractivity contribution in [2.45, 2.75) is 39.2 Å². The molecule has 1 aliphatic rings. The molecule has 0 radical (unpaired) electrons. The highest BCUT2D eigenvalue weighted by Crippen LogP contribution is 2.44. The average molecular weight is 431 g/mol. The third-order valence-corrected chi connectivity index (χ3v) is 5.55. The topological polar surface area (TPSA) is 106 Å². The number of nitrogens with one attached hydrogen (secondary N) is 1. The number of methoxy groups -OCH3 is 1. The number of allylic oxidation sites excluding steroid dienone is 1. The molecule has 164 valence electrons.